The lowest BCUT2D eigenvalue weighted by Gasteiger charge is -2.28. The van der Waals surface area contributed by atoms with Crippen LogP contribution >= 0.6 is 0 Å². The summed E-state index contributed by atoms with van der Waals surface area (Å²) in [6, 6.07) is 2.69. The Kier molecular flexibility index (Phi) is 3.22. The van der Waals surface area contributed by atoms with Gasteiger partial charge in [-0.1, -0.05) is 6.42 Å². The maximum Gasteiger partial charge on any atom is 0.234 e. The maximum absolute atomic E-state index is 11.4. The summed E-state index contributed by atoms with van der Waals surface area (Å²) in [7, 11) is 0. The Morgan fingerprint density at radius 3 is 3.07 bits per heavy atom. The largest absolute Gasteiger partial charge is 0.355 e. The van der Waals surface area contributed by atoms with Crippen LogP contribution in [-0.4, -0.2) is 36.5 Å². The molecule has 15 heavy (non-hydrogen) atoms. The zero-order valence-electron chi connectivity index (χ0n) is 8.91. The standard InChI is InChI=1S/C11H17N3O/c12-7-9-3-1-4-10(9)14-6-2-5-13-11(15)8-14/h9-10H,1-6,8H2,(H,13,15). The number of hydrogen-bond donors (Lipinski definition) is 1. The molecule has 1 aliphatic heterocycles. The molecule has 1 amide bonds. The molecule has 0 aromatic heterocycles. The third-order valence-electron chi connectivity index (χ3n) is 3.41. The SMILES string of the molecule is N#CC1CCCC1N1CCCNC(=O)C1. The van der Waals surface area contributed by atoms with E-state index < -0.39 is 0 Å². The fourth-order valence-corrected chi connectivity index (χ4v) is 2.64. The van der Waals surface area contributed by atoms with Crippen LogP contribution in [0.5, 0.6) is 0 Å². The summed E-state index contributed by atoms with van der Waals surface area (Å²) in [5, 5.41) is 11.9. The maximum atomic E-state index is 11.4. The molecule has 1 saturated carbocycles. The van der Waals surface area contributed by atoms with Crippen molar-refractivity contribution in [1.29, 1.82) is 5.26 Å². The predicted octanol–water partition coefficient (Wildman–Crippen LogP) is 0.501. The lowest BCUT2D eigenvalue weighted by atomic mass is 10.0. The number of nitrogens with one attached hydrogen (secondary N) is 1. The minimum absolute atomic E-state index is 0.107. The van der Waals surface area contributed by atoms with Gasteiger partial charge in [-0.2, -0.15) is 5.26 Å². The van der Waals surface area contributed by atoms with Crippen LogP contribution in [0.1, 0.15) is 25.7 Å². The molecule has 1 N–H and O–H groups in total. The molecule has 2 rings (SSSR count). The van der Waals surface area contributed by atoms with E-state index in [9.17, 15) is 4.79 Å². The van der Waals surface area contributed by atoms with Crippen LogP contribution in [-0.2, 0) is 4.79 Å². The van der Waals surface area contributed by atoms with Crippen molar-refractivity contribution >= 4 is 5.91 Å². The van der Waals surface area contributed by atoms with E-state index in [1.54, 1.807) is 0 Å². The monoisotopic (exact) mass is 207 g/mol. The number of rotatable bonds is 1. The second-order valence-electron chi connectivity index (χ2n) is 4.41. The average Bonchev–Trinajstić information content (AvgIpc) is 2.61. The van der Waals surface area contributed by atoms with Gasteiger partial charge in [-0.3, -0.25) is 9.69 Å². The second-order valence-corrected chi connectivity index (χ2v) is 4.41. The van der Waals surface area contributed by atoms with Crippen molar-refractivity contribution in [3.8, 4) is 6.07 Å². The molecule has 0 aromatic rings. The van der Waals surface area contributed by atoms with Gasteiger partial charge in [0.15, 0.2) is 0 Å². The molecule has 2 aliphatic rings. The Bertz CT molecular complexity index is 284. The van der Waals surface area contributed by atoms with Gasteiger partial charge >= 0.3 is 0 Å². The van der Waals surface area contributed by atoms with Crippen LogP contribution in [0.2, 0.25) is 0 Å². The molecular formula is C11H17N3O. The Morgan fingerprint density at radius 1 is 1.40 bits per heavy atom. The Labute approximate surface area is 90.2 Å². The van der Waals surface area contributed by atoms with Crippen LogP contribution in [0, 0.1) is 17.2 Å². The van der Waals surface area contributed by atoms with E-state index in [0.29, 0.717) is 12.6 Å². The number of hydrogen-bond acceptors (Lipinski definition) is 3. The third-order valence-corrected chi connectivity index (χ3v) is 3.41. The zero-order valence-corrected chi connectivity index (χ0v) is 8.91. The minimum atomic E-state index is 0.107. The molecule has 0 aromatic carbocycles. The highest BCUT2D eigenvalue weighted by Gasteiger charge is 2.33. The van der Waals surface area contributed by atoms with Crippen LogP contribution in [0.15, 0.2) is 0 Å². The molecule has 1 aliphatic carbocycles. The molecule has 0 spiro atoms. The number of carbonyl (C=O) groups excluding carboxylic acids is 1. The van der Waals surface area contributed by atoms with Gasteiger partial charge in [0, 0.05) is 19.1 Å². The molecule has 2 unspecified atom stereocenters. The topological polar surface area (TPSA) is 56.1 Å². The van der Waals surface area contributed by atoms with Gasteiger partial charge in [0.1, 0.15) is 0 Å². The number of nitrogens with zero attached hydrogens (tertiary/aromatic N) is 2. The van der Waals surface area contributed by atoms with Crippen molar-refractivity contribution in [2.75, 3.05) is 19.6 Å². The molecule has 1 saturated heterocycles. The van der Waals surface area contributed by atoms with Gasteiger partial charge in [-0.05, 0) is 19.3 Å². The smallest absolute Gasteiger partial charge is 0.234 e. The molecule has 0 radical (unpaired) electrons. The van der Waals surface area contributed by atoms with Crippen molar-refractivity contribution in [3.63, 3.8) is 0 Å². The summed E-state index contributed by atoms with van der Waals surface area (Å²) in [5.74, 6) is 0.243. The fraction of sp³-hybridized carbons (Fsp3) is 0.818. The van der Waals surface area contributed by atoms with Crippen molar-refractivity contribution in [1.82, 2.24) is 10.2 Å². The molecule has 0 bridgehead atoms. The van der Waals surface area contributed by atoms with Crippen molar-refractivity contribution < 1.29 is 4.79 Å². The summed E-state index contributed by atoms with van der Waals surface area (Å²) in [6.45, 7) is 2.20. The van der Waals surface area contributed by atoms with Gasteiger partial charge in [-0.15, -0.1) is 0 Å². The van der Waals surface area contributed by atoms with Gasteiger partial charge in [-0.25, -0.2) is 0 Å². The third kappa shape index (κ3) is 2.29. The van der Waals surface area contributed by atoms with Gasteiger partial charge in [0.25, 0.3) is 0 Å². The first kappa shape index (κ1) is 10.4. The Hall–Kier alpha value is -1.08. The normalized spacial score (nSPS) is 33.1. The summed E-state index contributed by atoms with van der Waals surface area (Å²) in [6.07, 6.45) is 4.20. The van der Waals surface area contributed by atoms with Crippen molar-refractivity contribution in [2.45, 2.75) is 31.7 Å². The molecule has 2 atom stereocenters. The number of amides is 1. The molecule has 1 heterocycles. The summed E-state index contributed by atoms with van der Waals surface area (Å²) in [4.78, 5) is 13.6. The van der Waals surface area contributed by atoms with E-state index in [1.807, 2.05) is 0 Å². The first-order valence-electron chi connectivity index (χ1n) is 5.71. The highest BCUT2D eigenvalue weighted by Crippen LogP contribution is 2.29. The molecular weight excluding hydrogens is 190 g/mol. The summed E-state index contributed by atoms with van der Waals surface area (Å²) < 4.78 is 0. The van der Waals surface area contributed by atoms with Gasteiger partial charge < -0.3 is 5.32 Å². The molecule has 2 fully saturated rings. The molecule has 4 nitrogen and oxygen atoms in total. The highest BCUT2D eigenvalue weighted by atomic mass is 16.2. The second kappa shape index (κ2) is 4.63. The first-order chi connectivity index (χ1) is 7.31. The Balaban J connectivity index is 2.02. The van der Waals surface area contributed by atoms with Crippen LogP contribution in [0.4, 0.5) is 0 Å². The zero-order chi connectivity index (χ0) is 10.7. The van der Waals surface area contributed by atoms with E-state index in [2.05, 4.69) is 16.3 Å². The van der Waals surface area contributed by atoms with Crippen LogP contribution < -0.4 is 5.32 Å². The number of nitriles is 1. The van der Waals surface area contributed by atoms with E-state index in [0.717, 1.165) is 38.8 Å². The minimum Gasteiger partial charge on any atom is -0.355 e. The van der Waals surface area contributed by atoms with E-state index >= 15 is 0 Å². The van der Waals surface area contributed by atoms with E-state index in [4.69, 9.17) is 5.26 Å². The molecule has 82 valence electrons. The van der Waals surface area contributed by atoms with Crippen LogP contribution in [0.3, 0.4) is 0 Å². The van der Waals surface area contributed by atoms with Crippen molar-refractivity contribution in [3.05, 3.63) is 0 Å². The van der Waals surface area contributed by atoms with E-state index in [-0.39, 0.29) is 11.8 Å². The summed E-state index contributed by atoms with van der Waals surface area (Å²) in [5.41, 5.74) is 0. The number of carbonyl (C=O) groups is 1. The van der Waals surface area contributed by atoms with Crippen LogP contribution in [0.25, 0.3) is 0 Å². The first-order valence-corrected chi connectivity index (χ1v) is 5.71. The lowest BCUT2D eigenvalue weighted by Crippen LogP contribution is -2.41. The quantitative estimate of drug-likeness (QED) is 0.681. The highest BCUT2D eigenvalue weighted by molar-refractivity contribution is 5.78. The molecule has 4 heteroatoms. The summed E-state index contributed by atoms with van der Waals surface area (Å²) >= 11 is 0. The fourth-order valence-electron chi connectivity index (χ4n) is 2.64. The van der Waals surface area contributed by atoms with Gasteiger partial charge in [0.2, 0.25) is 5.91 Å². The van der Waals surface area contributed by atoms with E-state index in [1.165, 1.54) is 0 Å². The van der Waals surface area contributed by atoms with Crippen molar-refractivity contribution in [2.24, 2.45) is 5.92 Å². The Morgan fingerprint density at radius 2 is 2.27 bits per heavy atom. The van der Waals surface area contributed by atoms with Gasteiger partial charge in [0.05, 0.1) is 18.5 Å². The predicted molar refractivity (Wildman–Crippen MR) is 55.9 cm³/mol. The lowest BCUT2D eigenvalue weighted by molar-refractivity contribution is -0.122. The average molecular weight is 207 g/mol.